The van der Waals surface area contributed by atoms with Crippen molar-refractivity contribution in [3.63, 3.8) is 0 Å². The molecule has 4 saturated heterocycles. The van der Waals surface area contributed by atoms with Crippen molar-refractivity contribution in [3.05, 3.63) is 118 Å². The van der Waals surface area contributed by atoms with Crippen LogP contribution < -0.4 is 22.1 Å². The number of nitrogens with two attached hydrogens (primary N) is 2. The number of amides is 6. The van der Waals surface area contributed by atoms with Gasteiger partial charge in [0.2, 0.25) is 35.4 Å². The van der Waals surface area contributed by atoms with Gasteiger partial charge in [-0.2, -0.15) is 0 Å². The van der Waals surface area contributed by atoms with Crippen molar-refractivity contribution in [1.29, 1.82) is 0 Å². The lowest BCUT2D eigenvalue weighted by Gasteiger charge is -2.29. The van der Waals surface area contributed by atoms with Crippen molar-refractivity contribution in [3.8, 4) is 0 Å². The average Bonchev–Trinajstić information content (AvgIpc) is 4.48. The SMILES string of the molecule is Cn1nnc2cc(CNC(=O)C3C[C@H](Cc4ccccc4)CN3C(=O)C(N)CCC(=O)N3CCCC3c3cc4c(cc3CNC(=O)C3CC(Cc5cccc(Cl)c5)CN3C(=O)C(N)CCC(=O)N3CCCC3)nnn4C)ccc21. The zero-order valence-corrected chi connectivity index (χ0v) is 45.8. The van der Waals surface area contributed by atoms with Crippen LogP contribution in [0.5, 0.6) is 0 Å². The molecule has 6 heterocycles. The second-order valence-corrected chi connectivity index (χ2v) is 22.5. The summed E-state index contributed by atoms with van der Waals surface area (Å²) in [5.41, 5.74) is 20.8. The summed E-state index contributed by atoms with van der Waals surface area (Å²) >= 11 is 6.35. The van der Waals surface area contributed by atoms with Crippen molar-refractivity contribution in [2.75, 3.05) is 32.7 Å². The Labute approximate surface area is 464 Å². The van der Waals surface area contributed by atoms with E-state index in [2.05, 4.69) is 31.3 Å². The molecule has 0 spiro atoms. The van der Waals surface area contributed by atoms with Gasteiger partial charge in [0, 0.05) is 77.8 Å². The van der Waals surface area contributed by atoms with E-state index in [-0.39, 0.29) is 92.1 Å². The van der Waals surface area contributed by atoms with Crippen LogP contribution in [-0.4, -0.2) is 142 Å². The number of aryl methyl sites for hydroxylation is 2. The topological polar surface area (TPSA) is 253 Å². The summed E-state index contributed by atoms with van der Waals surface area (Å²) in [5, 5.41) is 23.7. The average molecular weight is 1100 g/mol. The molecular formula is C58H71ClN14O6. The zero-order chi connectivity index (χ0) is 55.3. The van der Waals surface area contributed by atoms with Gasteiger partial charge in [0.1, 0.15) is 23.1 Å². The molecular weight excluding hydrogens is 1020 g/mol. The van der Waals surface area contributed by atoms with Gasteiger partial charge in [-0.15, -0.1) is 10.2 Å². The molecule has 0 bridgehead atoms. The summed E-state index contributed by atoms with van der Waals surface area (Å²) in [4.78, 5) is 91.3. The van der Waals surface area contributed by atoms with Crippen molar-refractivity contribution >= 4 is 69.1 Å². The van der Waals surface area contributed by atoms with E-state index in [1.165, 1.54) is 0 Å². The van der Waals surface area contributed by atoms with Crippen LogP contribution >= 0.6 is 11.6 Å². The number of nitrogens with one attached hydrogen (secondary N) is 2. The van der Waals surface area contributed by atoms with Crippen LogP contribution in [0.3, 0.4) is 0 Å². The third-order valence-electron chi connectivity index (χ3n) is 16.6. The first-order chi connectivity index (χ1) is 38.2. The van der Waals surface area contributed by atoms with E-state index < -0.39 is 24.2 Å². The quantitative estimate of drug-likeness (QED) is 0.0889. The first-order valence-corrected chi connectivity index (χ1v) is 28.2. The molecule has 0 saturated carbocycles. The molecule has 4 aliphatic rings. The van der Waals surface area contributed by atoms with Gasteiger partial charge in [-0.05, 0) is 140 Å². The maximum atomic E-state index is 14.5. The predicted molar refractivity (Wildman–Crippen MR) is 297 cm³/mol. The van der Waals surface area contributed by atoms with Crippen molar-refractivity contribution in [2.24, 2.45) is 37.4 Å². The summed E-state index contributed by atoms with van der Waals surface area (Å²) in [5.74, 6) is -1.56. The van der Waals surface area contributed by atoms with Gasteiger partial charge in [-0.3, -0.25) is 28.8 Å². The monoisotopic (exact) mass is 1090 g/mol. The Morgan fingerprint density at radius 2 is 1.22 bits per heavy atom. The number of likely N-dealkylation sites (tertiary alicyclic amines) is 4. The van der Waals surface area contributed by atoms with Gasteiger partial charge in [0.05, 0.1) is 29.2 Å². The molecule has 7 atom stereocenters. The maximum Gasteiger partial charge on any atom is 0.243 e. The summed E-state index contributed by atoms with van der Waals surface area (Å²) < 4.78 is 3.36. The highest BCUT2D eigenvalue weighted by Gasteiger charge is 2.43. The molecule has 6 amide bonds. The summed E-state index contributed by atoms with van der Waals surface area (Å²) in [6.45, 7) is 2.90. The zero-order valence-electron chi connectivity index (χ0n) is 45.0. The fourth-order valence-electron chi connectivity index (χ4n) is 12.4. The number of fused-ring (bicyclic) bond motifs is 2. The minimum atomic E-state index is -1.03. The van der Waals surface area contributed by atoms with Crippen LogP contribution in [0, 0.1) is 11.8 Å². The van der Waals surface area contributed by atoms with Gasteiger partial charge in [-0.1, -0.05) is 70.6 Å². The van der Waals surface area contributed by atoms with Gasteiger partial charge in [0.25, 0.3) is 0 Å². The lowest BCUT2D eigenvalue weighted by molar-refractivity contribution is -0.140. The summed E-state index contributed by atoms with van der Waals surface area (Å²) in [6, 6.07) is 23.3. The van der Waals surface area contributed by atoms with Crippen LogP contribution in [0.4, 0.5) is 0 Å². The number of carbonyl (C=O) groups excluding carboxylic acids is 6. The molecule has 2 aromatic heterocycles. The van der Waals surface area contributed by atoms with Crippen molar-refractivity contribution in [1.82, 2.24) is 60.2 Å². The molecule has 6 N–H and O–H groups in total. The molecule has 416 valence electrons. The van der Waals surface area contributed by atoms with Crippen LogP contribution in [0.25, 0.3) is 22.1 Å². The molecule has 4 aromatic carbocycles. The third kappa shape index (κ3) is 12.6. The fraction of sp³-hybridized carbons (Fsp3) is 0.483. The van der Waals surface area contributed by atoms with Crippen LogP contribution in [0.1, 0.15) is 98.1 Å². The van der Waals surface area contributed by atoms with Gasteiger partial charge in [-0.25, -0.2) is 9.36 Å². The lowest BCUT2D eigenvalue weighted by Crippen LogP contribution is -2.51. The maximum absolute atomic E-state index is 14.5. The van der Waals surface area contributed by atoms with E-state index in [9.17, 15) is 28.8 Å². The number of rotatable bonds is 19. The van der Waals surface area contributed by atoms with Gasteiger partial charge in [0.15, 0.2) is 0 Å². The van der Waals surface area contributed by atoms with Gasteiger partial charge >= 0.3 is 0 Å². The van der Waals surface area contributed by atoms with E-state index in [4.69, 9.17) is 23.1 Å². The molecule has 20 nitrogen and oxygen atoms in total. The van der Waals surface area contributed by atoms with Crippen molar-refractivity contribution in [2.45, 2.75) is 120 Å². The van der Waals surface area contributed by atoms with Crippen LogP contribution in [0.15, 0.2) is 84.9 Å². The molecule has 0 radical (unpaired) electrons. The second kappa shape index (κ2) is 24.4. The van der Waals surface area contributed by atoms with Crippen molar-refractivity contribution < 1.29 is 28.8 Å². The summed E-state index contributed by atoms with van der Waals surface area (Å²) in [6.07, 6.45) is 5.89. The standard InChI is InChI=1S/C58H71ClN14O6/c1-68-49-18-15-38(27-46(49)64-66-68)32-62-55(76)51-28-39(24-36-10-4-3-5-11-36)34-72(51)58(79)45(61)17-20-54(75)71-23-9-14-48(71)43-31-50-47(65-67-69(50)2)30-41(43)33-63-56(77)52-29-40(25-37-12-8-13-42(59)26-37)35-73(52)57(78)44(60)16-19-53(74)70-21-6-7-22-70/h3-5,8,10-13,15,18,26-27,30-31,39-40,44-45,48,51-52H,6-7,9,14,16-17,19-25,28-29,32-35,60-61H2,1-2H3,(H,62,76)(H,63,77)/t39-,40?,44?,45?,48?,51?,52?/m0/s1. The Balaban J connectivity index is 0.808. The number of hydrogen-bond acceptors (Lipinski definition) is 12. The largest absolute Gasteiger partial charge is 0.350 e. The van der Waals surface area contributed by atoms with E-state index in [0.717, 1.165) is 63.6 Å². The number of benzene rings is 4. The molecule has 6 aromatic rings. The van der Waals surface area contributed by atoms with E-state index in [1.54, 1.807) is 26.2 Å². The van der Waals surface area contributed by atoms with E-state index in [1.807, 2.05) is 102 Å². The first-order valence-electron chi connectivity index (χ1n) is 27.8. The smallest absolute Gasteiger partial charge is 0.243 e. The molecule has 21 heteroatoms. The second-order valence-electron chi connectivity index (χ2n) is 22.1. The van der Waals surface area contributed by atoms with Crippen LogP contribution in [-0.2, 0) is 68.8 Å². The number of hydrogen-bond donors (Lipinski definition) is 4. The molecule has 4 aliphatic heterocycles. The molecule has 79 heavy (non-hydrogen) atoms. The van der Waals surface area contributed by atoms with E-state index >= 15 is 0 Å². The lowest BCUT2D eigenvalue weighted by atomic mass is 9.96. The minimum Gasteiger partial charge on any atom is -0.350 e. The highest BCUT2D eigenvalue weighted by molar-refractivity contribution is 6.30. The predicted octanol–water partition coefficient (Wildman–Crippen LogP) is 4.26. The van der Waals surface area contributed by atoms with Gasteiger partial charge < -0.3 is 41.7 Å². The molecule has 10 rings (SSSR count). The number of carbonyl (C=O) groups is 6. The molecule has 4 fully saturated rings. The Hall–Kier alpha value is -7.29. The Bertz CT molecular complexity index is 3220. The fourth-order valence-corrected chi connectivity index (χ4v) is 12.6. The normalized spacial score (nSPS) is 21.1. The Morgan fingerprint density at radius 3 is 1.87 bits per heavy atom. The number of halogens is 1. The number of nitrogens with zero attached hydrogens (tertiary/aromatic N) is 10. The Kier molecular flexibility index (Phi) is 17.0. The first kappa shape index (κ1) is 55.0. The number of aromatic nitrogens is 6. The van der Waals surface area contributed by atoms with Crippen LogP contribution in [0.2, 0.25) is 5.02 Å². The molecule has 0 aliphatic carbocycles. The van der Waals surface area contributed by atoms with E-state index in [0.29, 0.717) is 75.4 Å². The molecule has 6 unspecified atom stereocenters. The third-order valence-corrected chi connectivity index (χ3v) is 16.8. The minimum absolute atomic E-state index is 0.00440. The highest BCUT2D eigenvalue weighted by atomic mass is 35.5. The Morgan fingerprint density at radius 1 is 0.620 bits per heavy atom. The highest BCUT2D eigenvalue weighted by Crippen LogP contribution is 2.37. The summed E-state index contributed by atoms with van der Waals surface area (Å²) in [7, 11) is 3.62.